The lowest BCUT2D eigenvalue weighted by Crippen LogP contribution is -2.35. The summed E-state index contributed by atoms with van der Waals surface area (Å²) in [5.41, 5.74) is 11.3. The predicted molar refractivity (Wildman–Crippen MR) is 254 cm³/mol. The van der Waals surface area contributed by atoms with E-state index in [1.54, 1.807) is 6.20 Å². The van der Waals surface area contributed by atoms with Crippen LogP contribution in [0.5, 0.6) is 0 Å². The van der Waals surface area contributed by atoms with Gasteiger partial charge in [0.05, 0.1) is 11.4 Å². The van der Waals surface area contributed by atoms with E-state index in [1.165, 1.54) is 80.3 Å². The van der Waals surface area contributed by atoms with Gasteiger partial charge in [-0.25, -0.2) is 0 Å². The van der Waals surface area contributed by atoms with E-state index in [2.05, 4.69) is 116 Å². The van der Waals surface area contributed by atoms with E-state index in [0.29, 0.717) is 0 Å². The van der Waals surface area contributed by atoms with Crippen LogP contribution >= 0.6 is 0 Å². The number of rotatable bonds is 17. The molecule has 3 aliphatic rings. The molecule has 0 spiro atoms. The summed E-state index contributed by atoms with van der Waals surface area (Å²) in [5.74, 6) is 2.37. The molecule has 1 N–H and O–H groups in total. The van der Waals surface area contributed by atoms with Crippen molar-refractivity contribution in [3.8, 4) is 11.1 Å². The first kappa shape index (κ1) is 45.0. The van der Waals surface area contributed by atoms with E-state index in [-0.39, 0.29) is 0 Å². The number of nitrogens with one attached hydrogen (secondary N) is 1. The molecule has 62 heavy (non-hydrogen) atoms. The van der Waals surface area contributed by atoms with Crippen LogP contribution < -0.4 is 5.32 Å². The van der Waals surface area contributed by atoms with Gasteiger partial charge in [0.1, 0.15) is 0 Å². The number of aryl methyl sites for hydroxylation is 2. The number of hydrogen-bond donors (Lipinski definition) is 1. The van der Waals surface area contributed by atoms with Gasteiger partial charge < -0.3 is 24.2 Å². The highest BCUT2D eigenvalue weighted by Crippen LogP contribution is 2.34. The lowest BCUT2D eigenvalue weighted by atomic mass is 9.90. The second-order valence-corrected chi connectivity index (χ2v) is 18.0. The number of hydrogen-bond acceptors (Lipinski definition) is 10. The van der Waals surface area contributed by atoms with Crippen LogP contribution in [-0.2, 0) is 25.8 Å². The smallest absolute Gasteiger partial charge is 0.172 e. The Morgan fingerprint density at radius 2 is 1.60 bits per heavy atom. The molecular formula is C52H68N8O2. The van der Waals surface area contributed by atoms with Gasteiger partial charge in [0, 0.05) is 72.1 Å². The SMILES string of the molecule is C=C(CN(C)C)c1onc(CCC2CCN(CC3=CCCC=C3)CC2)c1/C=C\Cc1cccnc1.CN(C)Cc1c(-c2cccnc2)ccc2c(CCC3CCNCC3)noc12. The first-order chi connectivity index (χ1) is 30.3. The van der Waals surface area contributed by atoms with Gasteiger partial charge in [-0.3, -0.25) is 14.9 Å². The van der Waals surface area contributed by atoms with E-state index in [9.17, 15) is 0 Å². The fourth-order valence-electron chi connectivity index (χ4n) is 9.11. The van der Waals surface area contributed by atoms with Gasteiger partial charge in [0.25, 0.3) is 0 Å². The van der Waals surface area contributed by atoms with E-state index in [0.717, 1.165) is 115 Å². The molecule has 1 aliphatic carbocycles. The summed E-state index contributed by atoms with van der Waals surface area (Å²) in [6.45, 7) is 11.6. The van der Waals surface area contributed by atoms with Crippen molar-refractivity contribution >= 4 is 22.6 Å². The van der Waals surface area contributed by atoms with E-state index < -0.39 is 0 Å². The molecular weight excluding hydrogens is 769 g/mol. The van der Waals surface area contributed by atoms with Crippen molar-refractivity contribution in [2.24, 2.45) is 11.8 Å². The highest BCUT2D eigenvalue weighted by atomic mass is 16.5. The van der Waals surface area contributed by atoms with Crippen LogP contribution in [0, 0.1) is 11.8 Å². The zero-order valence-corrected chi connectivity index (χ0v) is 37.7. The van der Waals surface area contributed by atoms with Crippen LogP contribution in [0.4, 0.5) is 0 Å². The Labute approximate surface area is 369 Å². The third-order valence-electron chi connectivity index (χ3n) is 12.5. The van der Waals surface area contributed by atoms with Crippen LogP contribution in [0.2, 0.25) is 0 Å². The summed E-state index contributed by atoms with van der Waals surface area (Å²) >= 11 is 0. The lowest BCUT2D eigenvalue weighted by Gasteiger charge is -2.32. The number of aromatic nitrogens is 4. The van der Waals surface area contributed by atoms with Crippen LogP contribution in [0.15, 0.2) is 107 Å². The molecule has 0 atom stereocenters. The molecule has 10 heteroatoms. The molecule has 6 heterocycles. The zero-order chi connectivity index (χ0) is 43.1. The number of benzene rings is 1. The van der Waals surface area contributed by atoms with Gasteiger partial charge >= 0.3 is 0 Å². The van der Waals surface area contributed by atoms with Crippen molar-refractivity contribution in [3.05, 3.63) is 131 Å². The van der Waals surface area contributed by atoms with Gasteiger partial charge in [-0.15, -0.1) is 0 Å². The molecule has 10 nitrogen and oxygen atoms in total. The van der Waals surface area contributed by atoms with Crippen LogP contribution in [0.25, 0.3) is 33.7 Å². The van der Waals surface area contributed by atoms with Gasteiger partial charge in [0.2, 0.25) is 0 Å². The topological polar surface area (TPSA) is 99.6 Å². The monoisotopic (exact) mass is 837 g/mol. The average Bonchev–Trinajstić information content (AvgIpc) is 3.91. The van der Waals surface area contributed by atoms with Crippen molar-refractivity contribution in [2.45, 2.75) is 77.2 Å². The molecule has 0 saturated carbocycles. The van der Waals surface area contributed by atoms with E-state index in [1.807, 2.05) is 44.8 Å². The van der Waals surface area contributed by atoms with Gasteiger partial charge in [-0.05, 0) is 172 Å². The molecule has 2 fully saturated rings. The zero-order valence-electron chi connectivity index (χ0n) is 37.7. The first-order valence-electron chi connectivity index (χ1n) is 22.9. The quantitative estimate of drug-likeness (QED) is 0.0975. The Hall–Kier alpha value is -5.00. The minimum atomic E-state index is 0.750. The maximum Gasteiger partial charge on any atom is 0.172 e. The Bertz CT molecular complexity index is 2240. The van der Waals surface area contributed by atoms with Crippen molar-refractivity contribution in [1.29, 1.82) is 0 Å². The molecule has 0 radical (unpaired) electrons. The summed E-state index contributed by atoms with van der Waals surface area (Å²) < 4.78 is 11.7. The molecule has 4 aromatic heterocycles. The summed E-state index contributed by atoms with van der Waals surface area (Å²) in [6, 6.07) is 12.5. The molecule has 8 rings (SSSR count). The highest BCUT2D eigenvalue weighted by molar-refractivity contribution is 5.89. The van der Waals surface area contributed by atoms with Crippen molar-refractivity contribution in [1.82, 2.24) is 40.3 Å². The maximum atomic E-state index is 5.87. The van der Waals surface area contributed by atoms with Gasteiger partial charge in [-0.1, -0.05) is 65.5 Å². The van der Waals surface area contributed by atoms with Crippen molar-refractivity contribution in [2.75, 3.05) is 67.5 Å². The fourth-order valence-corrected chi connectivity index (χ4v) is 9.11. The second-order valence-electron chi connectivity index (χ2n) is 18.0. The first-order valence-corrected chi connectivity index (χ1v) is 22.9. The largest absolute Gasteiger partial charge is 0.356 e. The van der Waals surface area contributed by atoms with Crippen LogP contribution in [-0.4, -0.2) is 102 Å². The number of fused-ring (bicyclic) bond motifs is 1. The average molecular weight is 837 g/mol. The molecule has 2 saturated heterocycles. The number of piperidine rings is 2. The Kier molecular flexibility index (Phi) is 16.6. The summed E-state index contributed by atoms with van der Waals surface area (Å²) in [4.78, 5) is 15.4. The summed E-state index contributed by atoms with van der Waals surface area (Å²) in [6.07, 6.45) is 31.4. The predicted octanol–water partition coefficient (Wildman–Crippen LogP) is 9.70. The van der Waals surface area contributed by atoms with E-state index in [4.69, 9.17) is 9.05 Å². The Morgan fingerprint density at radius 1 is 0.855 bits per heavy atom. The molecule has 5 aromatic rings. The summed E-state index contributed by atoms with van der Waals surface area (Å²) in [5, 5.41) is 13.6. The molecule has 2 aliphatic heterocycles. The number of pyridine rings is 2. The van der Waals surface area contributed by atoms with Crippen molar-refractivity contribution < 1.29 is 9.05 Å². The fraction of sp³-hybridized carbons (Fsp3) is 0.462. The molecule has 0 amide bonds. The minimum absolute atomic E-state index is 0.750. The molecule has 0 bridgehead atoms. The lowest BCUT2D eigenvalue weighted by molar-refractivity contribution is 0.192. The molecule has 0 unspecified atom stereocenters. The second kappa shape index (κ2) is 22.9. The molecule has 1 aromatic carbocycles. The van der Waals surface area contributed by atoms with Crippen molar-refractivity contribution in [3.63, 3.8) is 0 Å². The standard InChI is InChI=1S/C30H40N4O.C22H28N4O/c1-24(22-33(2)3)30-28(13-7-11-26-12-8-18-31-21-26)29(32-35-30)15-14-25-16-19-34(20-17-25)23-27-9-5-4-6-10-27;1-26(2)15-20-18(17-4-3-11-24-14-17)6-7-19-21(25-27-22(19)20)8-5-16-9-12-23-13-10-16/h5,7-10,12-13,18,21,25H,1,4,6,11,14-17,19-20,22-23H2,2-3H3;3-4,6-7,11,14,16,23H,5,8-10,12-13,15H2,1-2H3/b13-7-;. The van der Waals surface area contributed by atoms with Gasteiger partial charge in [0.15, 0.2) is 11.3 Å². The minimum Gasteiger partial charge on any atom is -0.356 e. The van der Waals surface area contributed by atoms with Crippen LogP contribution in [0.3, 0.4) is 0 Å². The number of likely N-dealkylation sites (tertiary alicyclic amines) is 1. The normalized spacial score (nSPS) is 16.6. The third kappa shape index (κ3) is 12.8. The van der Waals surface area contributed by atoms with Crippen LogP contribution in [0.1, 0.15) is 85.2 Å². The third-order valence-corrected chi connectivity index (χ3v) is 12.5. The Balaban J connectivity index is 0.000000192. The van der Waals surface area contributed by atoms with Gasteiger partial charge in [-0.2, -0.15) is 0 Å². The Morgan fingerprint density at radius 3 is 2.29 bits per heavy atom. The highest BCUT2D eigenvalue weighted by Gasteiger charge is 2.23. The number of nitrogens with zero attached hydrogens (tertiary/aromatic N) is 7. The summed E-state index contributed by atoms with van der Waals surface area (Å²) in [7, 11) is 8.27. The number of allylic oxidation sites excluding steroid dienone is 3. The molecule has 328 valence electrons. The number of likely N-dealkylation sites (N-methyl/N-ethyl adjacent to an activating group) is 1. The van der Waals surface area contributed by atoms with E-state index >= 15 is 0 Å². The maximum absolute atomic E-state index is 5.87.